The molecule has 0 aromatic rings. The van der Waals surface area contributed by atoms with Gasteiger partial charge in [0.25, 0.3) is 0 Å². The number of allylic oxidation sites excluding steroid dienone is 1. The topological polar surface area (TPSA) is 38.7 Å². The molecular weight excluding hydrogens is 252 g/mol. The number of rotatable bonds is 0. The fourth-order valence-electron chi connectivity index (χ4n) is 5.74. The Morgan fingerprint density at radius 3 is 3.00 bits per heavy atom. The van der Waals surface area contributed by atoms with Crippen molar-refractivity contribution in [3.8, 4) is 0 Å². The third-order valence-electron chi connectivity index (χ3n) is 6.57. The summed E-state index contributed by atoms with van der Waals surface area (Å²) in [7, 11) is 0. The summed E-state index contributed by atoms with van der Waals surface area (Å²) in [6, 6.07) is 0. The van der Waals surface area contributed by atoms with Crippen molar-refractivity contribution in [1.82, 2.24) is 0 Å². The molecule has 4 rings (SSSR count). The molecule has 0 radical (unpaired) electrons. The van der Waals surface area contributed by atoms with Crippen molar-refractivity contribution in [2.24, 2.45) is 17.3 Å². The highest BCUT2D eigenvalue weighted by atomic mass is 16.7. The second kappa shape index (κ2) is 4.56. The molecule has 1 heterocycles. The van der Waals surface area contributed by atoms with Gasteiger partial charge in [0.15, 0.2) is 0 Å². The molecule has 0 amide bonds. The maximum Gasteiger partial charge on any atom is 0.147 e. The van der Waals surface area contributed by atoms with E-state index < -0.39 is 0 Å². The molecule has 1 saturated heterocycles. The molecule has 1 aliphatic heterocycles. The number of hydrogen-bond donors (Lipinski definition) is 1. The summed E-state index contributed by atoms with van der Waals surface area (Å²) < 4.78 is 11.7. The maximum atomic E-state index is 10.7. The van der Waals surface area contributed by atoms with Gasteiger partial charge in [0.1, 0.15) is 6.79 Å². The van der Waals surface area contributed by atoms with Crippen molar-refractivity contribution in [3.05, 3.63) is 11.6 Å². The zero-order chi connectivity index (χ0) is 13.8. The third kappa shape index (κ3) is 1.76. The zero-order valence-electron chi connectivity index (χ0n) is 12.4. The van der Waals surface area contributed by atoms with E-state index in [1.54, 1.807) is 0 Å². The van der Waals surface area contributed by atoms with E-state index in [9.17, 15) is 5.11 Å². The van der Waals surface area contributed by atoms with E-state index >= 15 is 0 Å². The lowest BCUT2D eigenvalue weighted by Gasteiger charge is -2.50. The highest BCUT2D eigenvalue weighted by Gasteiger charge is 2.63. The molecule has 2 bridgehead atoms. The smallest absolute Gasteiger partial charge is 0.147 e. The molecule has 1 spiro atoms. The monoisotopic (exact) mass is 278 g/mol. The number of hydrogen-bond acceptors (Lipinski definition) is 3. The van der Waals surface area contributed by atoms with Crippen LogP contribution >= 0.6 is 0 Å². The van der Waals surface area contributed by atoms with Crippen molar-refractivity contribution in [1.29, 1.82) is 0 Å². The molecule has 0 aromatic heterocycles. The first kappa shape index (κ1) is 13.3. The number of aliphatic hydroxyl groups excluding tert-OH is 1. The Morgan fingerprint density at radius 2 is 2.20 bits per heavy atom. The second-order valence-electron chi connectivity index (χ2n) is 7.60. The fourth-order valence-corrected chi connectivity index (χ4v) is 5.74. The van der Waals surface area contributed by atoms with Gasteiger partial charge in [-0.25, -0.2) is 0 Å². The van der Waals surface area contributed by atoms with Crippen LogP contribution in [-0.2, 0) is 9.47 Å². The van der Waals surface area contributed by atoms with Crippen LogP contribution < -0.4 is 0 Å². The molecule has 0 aromatic carbocycles. The Balaban J connectivity index is 1.78. The first-order valence-corrected chi connectivity index (χ1v) is 8.21. The van der Waals surface area contributed by atoms with Crippen LogP contribution in [-0.4, -0.2) is 30.2 Å². The van der Waals surface area contributed by atoms with Crippen LogP contribution in [0, 0.1) is 17.3 Å². The van der Waals surface area contributed by atoms with Crippen LogP contribution in [0.15, 0.2) is 11.6 Å². The van der Waals surface area contributed by atoms with Crippen LogP contribution in [0.25, 0.3) is 0 Å². The van der Waals surface area contributed by atoms with Crippen LogP contribution in [0.1, 0.15) is 51.9 Å². The minimum absolute atomic E-state index is 0.0921. The van der Waals surface area contributed by atoms with E-state index in [4.69, 9.17) is 9.47 Å². The molecule has 3 heteroatoms. The van der Waals surface area contributed by atoms with E-state index in [2.05, 4.69) is 13.0 Å². The van der Waals surface area contributed by atoms with Gasteiger partial charge in [-0.15, -0.1) is 0 Å². The molecule has 4 unspecified atom stereocenters. The molecule has 1 N–H and O–H groups in total. The van der Waals surface area contributed by atoms with E-state index in [1.165, 1.54) is 31.3 Å². The highest BCUT2D eigenvalue weighted by Crippen LogP contribution is 2.64. The first-order chi connectivity index (χ1) is 9.65. The Kier molecular flexibility index (Phi) is 3.03. The van der Waals surface area contributed by atoms with Gasteiger partial charge in [-0.05, 0) is 56.8 Å². The lowest BCUT2D eigenvalue weighted by atomic mass is 9.56. The van der Waals surface area contributed by atoms with Crippen molar-refractivity contribution in [2.75, 3.05) is 13.4 Å². The van der Waals surface area contributed by atoms with Gasteiger partial charge in [0.2, 0.25) is 0 Å². The van der Waals surface area contributed by atoms with Crippen LogP contribution in [0.5, 0.6) is 0 Å². The average molecular weight is 278 g/mol. The largest absolute Gasteiger partial charge is 0.392 e. The van der Waals surface area contributed by atoms with Crippen molar-refractivity contribution in [3.63, 3.8) is 0 Å². The van der Waals surface area contributed by atoms with Gasteiger partial charge in [0, 0.05) is 5.92 Å². The quantitative estimate of drug-likeness (QED) is 0.692. The molecule has 2 saturated carbocycles. The van der Waals surface area contributed by atoms with Crippen molar-refractivity contribution < 1.29 is 14.6 Å². The van der Waals surface area contributed by atoms with Crippen LogP contribution in [0.2, 0.25) is 0 Å². The Labute approximate surface area is 121 Å². The summed E-state index contributed by atoms with van der Waals surface area (Å²) in [5.74, 6) is 0.891. The number of ether oxygens (including phenoxy) is 2. The third-order valence-corrected chi connectivity index (χ3v) is 6.57. The second-order valence-corrected chi connectivity index (χ2v) is 7.60. The van der Waals surface area contributed by atoms with Gasteiger partial charge in [-0.1, -0.05) is 18.1 Å². The predicted molar refractivity (Wildman–Crippen MR) is 76.1 cm³/mol. The summed E-state index contributed by atoms with van der Waals surface area (Å²) in [5, 5.41) is 10.7. The first-order valence-electron chi connectivity index (χ1n) is 8.21. The van der Waals surface area contributed by atoms with Crippen LogP contribution in [0.4, 0.5) is 0 Å². The van der Waals surface area contributed by atoms with E-state index in [1.807, 2.05) is 0 Å². The standard InChI is InChI=1S/C17H26O3/c1-12-4-6-16-5-2-3-13(14(18)9-12)15(16)17(8-7-16)10-19-11-20-17/h4,13-15,18H,2-3,5-11H2,1H3/b12-4-/t13?,14-,15?,16?,17?/m0/s1. The summed E-state index contributed by atoms with van der Waals surface area (Å²) in [5.41, 5.74) is 1.64. The molecule has 3 aliphatic carbocycles. The Hall–Kier alpha value is -0.380. The predicted octanol–water partition coefficient (Wildman–Crippen LogP) is 3.03. The molecule has 112 valence electrons. The molecular formula is C17H26O3. The minimum Gasteiger partial charge on any atom is -0.392 e. The lowest BCUT2D eigenvalue weighted by Crippen LogP contribution is -2.52. The summed E-state index contributed by atoms with van der Waals surface area (Å²) in [4.78, 5) is 0. The lowest BCUT2D eigenvalue weighted by molar-refractivity contribution is -0.113. The Morgan fingerprint density at radius 1 is 1.30 bits per heavy atom. The van der Waals surface area contributed by atoms with Gasteiger partial charge >= 0.3 is 0 Å². The van der Waals surface area contributed by atoms with Gasteiger partial charge in [-0.2, -0.15) is 0 Å². The molecule has 4 aliphatic rings. The van der Waals surface area contributed by atoms with Gasteiger partial charge < -0.3 is 14.6 Å². The summed E-state index contributed by atoms with van der Waals surface area (Å²) in [6.45, 7) is 3.37. The highest BCUT2D eigenvalue weighted by molar-refractivity contribution is 5.17. The van der Waals surface area contributed by atoms with E-state index in [-0.39, 0.29) is 11.7 Å². The molecule has 5 atom stereocenters. The SMILES string of the molecule is C/C1=C/CC23CCCC(C2C2(CC3)COCO2)[C@@H](O)C1. The normalized spacial score (nSPS) is 54.1. The van der Waals surface area contributed by atoms with Crippen LogP contribution in [0.3, 0.4) is 0 Å². The summed E-state index contributed by atoms with van der Waals surface area (Å²) in [6.07, 6.45) is 10.3. The average Bonchev–Trinajstić information content (AvgIpc) is 3.03. The molecule has 3 nitrogen and oxygen atoms in total. The molecule has 20 heavy (non-hydrogen) atoms. The maximum absolute atomic E-state index is 10.7. The van der Waals surface area contributed by atoms with Crippen molar-refractivity contribution in [2.45, 2.75) is 63.6 Å². The van der Waals surface area contributed by atoms with E-state index in [0.717, 1.165) is 25.9 Å². The van der Waals surface area contributed by atoms with Gasteiger partial charge in [-0.3, -0.25) is 0 Å². The summed E-state index contributed by atoms with van der Waals surface area (Å²) >= 11 is 0. The van der Waals surface area contributed by atoms with Crippen molar-refractivity contribution >= 4 is 0 Å². The minimum atomic E-state index is -0.199. The fraction of sp³-hybridized carbons (Fsp3) is 0.882. The molecule has 3 fully saturated rings. The number of aliphatic hydroxyl groups is 1. The Bertz CT molecular complexity index is 424. The van der Waals surface area contributed by atoms with E-state index in [0.29, 0.717) is 24.0 Å². The van der Waals surface area contributed by atoms with Gasteiger partial charge in [0.05, 0.1) is 18.3 Å². The zero-order valence-corrected chi connectivity index (χ0v) is 12.4.